The summed E-state index contributed by atoms with van der Waals surface area (Å²) >= 11 is 0. The summed E-state index contributed by atoms with van der Waals surface area (Å²) in [6.45, 7) is 6.45. The van der Waals surface area contributed by atoms with E-state index in [1.54, 1.807) is 0 Å². The van der Waals surface area contributed by atoms with E-state index in [0.29, 0.717) is 13.0 Å². The first kappa shape index (κ1) is 48.9. The number of unbranched alkanes of at least 4 members (excludes halogenated alkanes) is 19. The van der Waals surface area contributed by atoms with E-state index in [2.05, 4.69) is 11.8 Å². The zero-order chi connectivity index (χ0) is 38.2. The molecule has 0 aromatic carbocycles. The van der Waals surface area contributed by atoms with Crippen LogP contribution in [0.3, 0.4) is 0 Å². The number of ether oxygens (including phenoxy) is 2. The Bertz CT molecular complexity index is 811. The largest absolute Gasteiger partial charge is 0.394 e. The number of likely N-dealkylation sites (tertiary alicyclic amines) is 1. The Labute approximate surface area is 316 Å². The molecule has 0 aromatic rings. The Balaban J connectivity index is 0.000000560. The summed E-state index contributed by atoms with van der Waals surface area (Å²) < 4.78 is 10.7. The van der Waals surface area contributed by atoms with Crippen LogP contribution in [0, 0.1) is 0 Å². The fraction of sp³-hybridized carbons (Fsp3) is 0.974. The summed E-state index contributed by atoms with van der Waals surface area (Å²) in [6, 6.07) is -0.423. The Kier molecular flexibility index (Phi) is 31.2. The maximum absolute atomic E-state index is 11.0. The second kappa shape index (κ2) is 33.2. The van der Waals surface area contributed by atoms with E-state index in [0.717, 1.165) is 37.1 Å². The molecular formula is C39H81N5O8. The number of nitrogens with two attached hydrogens (primary N) is 2. The molecule has 0 bridgehead atoms. The highest BCUT2D eigenvalue weighted by Gasteiger charge is 2.44. The van der Waals surface area contributed by atoms with Gasteiger partial charge in [-0.25, -0.2) is 16.5 Å². The van der Waals surface area contributed by atoms with Gasteiger partial charge in [0.15, 0.2) is 6.29 Å². The van der Waals surface area contributed by atoms with Crippen LogP contribution in [-0.4, -0.2) is 118 Å². The van der Waals surface area contributed by atoms with Gasteiger partial charge in [0.2, 0.25) is 0 Å². The Hall–Kier alpha value is -1.13. The number of aliphatic hydroxyl groups excluding tert-OH is 5. The van der Waals surface area contributed by atoms with Crippen LogP contribution in [0.25, 0.3) is 0 Å². The van der Waals surface area contributed by atoms with Crippen LogP contribution in [0.4, 0.5) is 4.79 Å². The number of hydrogen-bond donors (Lipinski definition) is 8. The van der Waals surface area contributed by atoms with Gasteiger partial charge in [-0.15, -0.1) is 0 Å². The summed E-state index contributed by atoms with van der Waals surface area (Å²) in [5.41, 5.74) is 2.02. The van der Waals surface area contributed by atoms with Gasteiger partial charge in [-0.05, 0) is 58.2 Å². The van der Waals surface area contributed by atoms with Crippen LogP contribution in [0.2, 0.25) is 0 Å². The van der Waals surface area contributed by atoms with Crippen molar-refractivity contribution in [1.29, 1.82) is 0 Å². The summed E-state index contributed by atoms with van der Waals surface area (Å²) in [4.78, 5) is 13.6. The van der Waals surface area contributed by atoms with Gasteiger partial charge in [-0.3, -0.25) is 10.4 Å². The van der Waals surface area contributed by atoms with Crippen molar-refractivity contribution in [2.45, 2.75) is 204 Å². The quantitative estimate of drug-likeness (QED) is 0.0212. The molecule has 2 fully saturated rings. The molecule has 13 nitrogen and oxygen atoms in total. The van der Waals surface area contributed by atoms with Crippen molar-refractivity contribution < 1.29 is 39.8 Å². The maximum Gasteiger partial charge on any atom is 0.345 e. The lowest BCUT2D eigenvalue weighted by molar-refractivity contribution is -0.301. The highest BCUT2D eigenvalue weighted by Crippen LogP contribution is 2.22. The van der Waals surface area contributed by atoms with Gasteiger partial charge in [0.1, 0.15) is 24.4 Å². The number of hydrogen-bond acceptors (Lipinski definition) is 11. The van der Waals surface area contributed by atoms with E-state index in [1.165, 1.54) is 142 Å². The maximum atomic E-state index is 11.0. The molecule has 0 aromatic heterocycles. The Morgan fingerprint density at radius 1 is 0.769 bits per heavy atom. The molecule has 0 saturated carbocycles. The zero-order valence-corrected chi connectivity index (χ0v) is 32.9. The van der Waals surface area contributed by atoms with Crippen molar-refractivity contribution in [1.82, 2.24) is 15.3 Å². The summed E-state index contributed by atoms with van der Waals surface area (Å²) in [5.74, 6) is 10.5. The molecule has 2 amide bonds. The summed E-state index contributed by atoms with van der Waals surface area (Å²) in [5, 5.41) is 49.8. The van der Waals surface area contributed by atoms with Gasteiger partial charge in [0, 0.05) is 6.54 Å². The molecule has 13 heteroatoms. The SMILES string of the molecule is CCCCCCCCCCCCCCCC(O)CCOC1OC(CO)C(O)C(O)C1O.NNC(=O)N(N)CCCCCCCCCCN1CCCC1. The minimum absolute atomic E-state index is 0.169. The third-order valence-electron chi connectivity index (χ3n) is 10.4. The minimum Gasteiger partial charge on any atom is -0.394 e. The lowest BCUT2D eigenvalue weighted by atomic mass is 9.99. The Morgan fingerprint density at radius 2 is 1.27 bits per heavy atom. The number of carbonyl (C=O) groups is 1. The monoisotopic (exact) mass is 748 g/mol. The van der Waals surface area contributed by atoms with Gasteiger partial charge < -0.3 is 39.9 Å². The number of hydrazine groups is 2. The van der Waals surface area contributed by atoms with Crippen molar-refractivity contribution in [3.8, 4) is 0 Å². The van der Waals surface area contributed by atoms with E-state index in [-0.39, 0.29) is 6.61 Å². The van der Waals surface area contributed by atoms with Crippen LogP contribution in [0.15, 0.2) is 0 Å². The van der Waals surface area contributed by atoms with E-state index < -0.39 is 49.4 Å². The second-order valence-corrected chi connectivity index (χ2v) is 15.1. The number of amides is 2. The van der Waals surface area contributed by atoms with E-state index in [4.69, 9.17) is 21.2 Å². The first-order valence-electron chi connectivity index (χ1n) is 21.1. The predicted octanol–water partition coefficient (Wildman–Crippen LogP) is 5.00. The van der Waals surface area contributed by atoms with Gasteiger partial charge in [0.05, 0.1) is 19.3 Å². The van der Waals surface area contributed by atoms with Gasteiger partial charge in [-0.1, -0.05) is 129 Å². The molecule has 2 rings (SSSR count). The highest BCUT2D eigenvalue weighted by molar-refractivity contribution is 5.72. The average Bonchev–Trinajstić information content (AvgIpc) is 3.67. The fourth-order valence-electron chi connectivity index (χ4n) is 6.94. The van der Waals surface area contributed by atoms with Crippen LogP contribution in [-0.2, 0) is 9.47 Å². The molecule has 2 saturated heterocycles. The van der Waals surface area contributed by atoms with E-state index in [1.807, 2.05) is 5.43 Å². The number of urea groups is 1. The van der Waals surface area contributed by atoms with Crippen LogP contribution < -0.4 is 17.1 Å². The van der Waals surface area contributed by atoms with Crippen molar-refractivity contribution in [2.24, 2.45) is 11.7 Å². The van der Waals surface area contributed by atoms with E-state index >= 15 is 0 Å². The Morgan fingerprint density at radius 3 is 1.79 bits per heavy atom. The fourth-order valence-corrected chi connectivity index (χ4v) is 6.94. The van der Waals surface area contributed by atoms with Gasteiger partial charge in [-0.2, -0.15) is 0 Å². The molecule has 6 atom stereocenters. The highest BCUT2D eigenvalue weighted by atomic mass is 16.7. The molecule has 52 heavy (non-hydrogen) atoms. The molecule has 2 aliphatic rings. The van der Waals surface area contributed by atoms with Crippen molar-refractivity contribution in [3.63, 3.8) is 0 Å². The molecule has 0 aliphatic carbocycles. The molecule has 310 valence electrons. The van der Waals surface area contributed by atoms with Crippen molar-refractivity contribution in [2.75, 3.05) is 39.4 Å². The minimum atomic E-state index is -1.44. The molecule has 0 spiro atoms. The normalized spacial score (nSPS) is 22.6. The standard InChI is InChI=1S/C24H48O7.C15H33N5O/c1-2-3-4-5-6-7-8-9-10-11-12-13-14-15-19(26)16-17-30-24-23(29)22(28)21(27)20(18-25)31-24;16-18-15(21)20(17)14-8-6-4-2-1-3-5-7-11-19-12-9-10-13-19/h19-29H,2-18H2,1H3;1-14,16-17H2,(H,18,21). The average molecular weight is 748 g/mol. The third-order valence-corrected chi connectivity index (χ3v) is 10.4. The van der Waals surface area contributed by atoms with E-state index in [9.17, 15) is 30.3 Å². The zero-order valence-electron chi connectivity index (χ0n) is 32.9. The number of nitrogens with zero attached hydrogens (tertiary/aromatic N) is 2. The number of carbonyl (C=O) groups excluding carboxylic acids is 1. The number of nitrogens with one attached hydrogen (secondary N) is 1. The second-order valence-electron chi connectivity index (χ2n) is 15.1. The van der Waals surface area contributed by atoms with Gasteiger partial charge >= 0.3 is 6.03 Å². The van der Waals surface area contributed by atoms with Crippen LogP contribution >= 0.6 is 0 Å². The molecular weight excluding hydrogens is 666 g/mol. The lowest BCUT2D eigenvalue weighted by Crippen LogP contribution is -2.59. The lowest BCUT2D eigenvalue weighted by Gasteiger charge is -2.39. The first-order valence-corrected chi connectivity index (χ1v) is 21.1. The summed E-state index contributed by atoms with van der Waals surface area (Å²) in [6.07, 6.45) is 24.0. The van der Waals surface area contributed by atoms with Gasteiger partial charge in [0.25, 0.3) is 0 Å². The molecule has 0 radical (unpaired) electrons. The predicted molar refractivity (Wildman–Crippen MR) is 207 cm³/mol. The topological polar surface area (TPSA) is 207 Å². The smallest absolute Gasteiger partial charge is 0.345 e. The third kappa shape index (κ3) is 24.3. The van der Waals surface area contributed by atoms with Crippen molar-refractivity contribution >= 4 is 6.03 Å². The number of aliphatic hydroxyl groups is 5. The summed E-state index contributed by atoms with van der Waals surface area (Å²) in [7, 11) is 0. The molecule has 2 aliphatic heterocycles. The molecule has 6 unspecified atom stereocenters. The molecule has 2 heterocycles. The van der Waals surface area contributed by atoms with Crippen molar-refractivity contribution in [3.05, 3.63) is 0 Å². The van der Waals surface area contributed by atoms with Crippen LogP contribution in [0.1, 0.15) is 167 Å². The molecule has 10 N–H and O–H groups in total. The number of rotatable bonds is 30. The van der Waals surface area contributed by atoms with Crippen LogP contribution in [0.5, 0.6) is 0 Å². The first-order chi connectivity index (χ1) is 25.2.